The van der Waals surface area contributed by atoms with E-state index >= 15 is 0 Å². The molecule has 188 valence electrons. The van der Waals surface area contributed by atoms with Gasteiger partial charge in [-0.25, -0.2) is 0 Å². The first kappa shape index (κ1) is 30.4. The third-order valence-corrected chi connectivity index (χ3v) is 5.46. The summed E-state index contributed by atoms with van der Waals surface area (Å²) in [6, 6.07) is 0. The van der Waals surface area contributed by atoms with Crippen molar-refractivity contribution in [3.8, 4) is 0 Å². The van der Waals surface area contributed by atoms with Crippen molar-refractivity contribution in [3.05, 3.63) is 0 Å². The molecular formula is C25H46O7. The fraction of sp³-hybridized carbons (Fsp3) is 0.880. The lowest BCUT2D eigenvalue weighted by atomic mass is 9.91. The summed E-state index contributed by atoms with van der Waals surface area (Å²) in [6.07, 6.45) is 11.2. The summed E-state index contributed by atoms with van der Waals surface area (Å²) in [4.78, 5) is 37.4. The Morgan fingerprint density at radius 1 is 0.656 bits per heavy atom. The molecule has 0 heterocycles. The molecule has 1 N–H and O–H groups in total. The molecule has 0 aromatic carbocycles. The molecule has 0 bridgehead atoms. The minimum Gasteiger partial charge on any atom is -0.466 e. The van der Waals surface area contributed by atoms with Crippen LogP contribution in [0.15, 0.2) is 0 Å². The van der Waals surface area contributed by atoms with Crippen LogP contribution in [-0.4, -0.2) is 49.4 Å². The van der Waals surface area contributed by atoms with Gasteiger partial charge in [-0.3, -0.25) is 14.4 Å². The van der Waals surface area contributed by atoms with Crippen molar-refractivity contribution in [2.24, 2.45) is 11.8 Å². The molecule has 0 aromatic heterocycles. The van der Waals surface area contributed by atoms with E-state index in [2.05, 4.69) is 13.8 Å². The highest BCUT2D eigenvalue weighted by atomic mass is 16.5. The summed E-state index contributed by atoms with van der Waals surface area (Å²) < 4.78 is 15.9. The Morgan fingerprint density at radius 2 is 1.12 bits per heavy atom. The molecule has 7 nitrogen and oxygen atoms in total. The number of unbranched alkanes of at least 4 members (excludes halogenated alkanes) is 9. The second-order valence-electron chi connectivity index (χ2n) is 8.41. The first-order chi connectivity index (χ1) is 15.5. The molecule has 0 radical (unpaired) electrons. The predicted octanol–water partition coefficient (Wildman–Crippen LogP) is 4.97. The van der Waals surface area contributed by atoms with Gasteiger partial charge >= 0.3 is 17.9 Å². The van der Waals surface area contributed by atoms with Crippen LogP contribution in [-0.2, 0) is 28.6 Å². The van der Waals surface area contributed by atoms with Gasteiger partial charge in [0.05, 0.1) is 38.1 Å². The second kappa shape index (κ2) is 21.2. The monoisotopic (exact) mass is 458 g/mol. The molecule has 0 aliphatic carbocycles. The van der Waals surface area contributed by atoms with E-state index in [0.717, 1.165) is 64.2 Å². The summed E-state index contributed by atoms with van der Waals surface area (Å²) in [5.41, 5.74) is 0. The second-order valence-corrected chi connectivity index (χ2v) is 8.41. The van der Waals surface area contributed by atoms with Gasteiger partial charge in [0.1, 0.15) is 0 Å². The Hall–Kier alpha value is -1.63. The van der Waals surface area contributed by atoms with Gasteiger partial charge in [-0.05, 0) is 25.7 Å². The van der Waals surface area contributed by atoms with Crippen molar-refractivity contribution in [2.45, 2.75) is 104 Å². The quantitative estimate of drug-likeness (QED) is 0.147. The van der Waals surface area contributed by atoms with Gasteiger partial charge in [0.25, 0.3) is 0 Å². The van der Waals surface area contributed by atoms with Gasteiger partial charge in [0.2, 0.25) is 0 Å². The highest BCUT2D eigenvalue weighted by Crippen LogP contribution is 2.21. The third-order valence-electron chi connectivity index (χ3n) is 5.46. The van der Waals surface area contributed by atoms with Crippen molar-refractivity contribution >= 4 is 17.9 Å². The van der Waals surface area contributed by atoms with Gasteiger partial charge in [0, 0.05) is 6.61 Å². The van der Waals surface area contributed by atoms with E-state index in [1.165, 1.54) is 0 Å². The van der Waals surface area contributed by atoms with E-state index in [0.29, 0.717) is 19.4 Å². The number of hydrogen-bond acceptors (Lipinski definition) is 7. The zero-order valence-electron chi connectivity index (χ0n) is 20.6. The van der Waals surface area contributed by atoms with Crippen LogP contribution in [0.2, 0.25) is 0 Å². The molecule has 0 spiro atoms. The van der Waals surface area contributed by atoms with E-state index in [1.54, 1.807) is 6.92 Å². The number of hydrogen-bond donors (Lipinski definition) is 1. The summed E-state index contributed by atoms with van der Waals surface area (Å²) in [6.45, 7) is 6.69. The molecule has 0 saturated carbocycles. The molecule has 0 aliphatic heterocycles. The van der Waals surface area contributed by atoms with Gasteiger partial charge < -0.3 is 19.3 Å². The number of rotatable bonds is 21. The predicted molar refractivity (Wildman–Crippen MR) is 124 cm³/mol. The van der Waals surface area contributed by atoms with Crippen molar-refractivity contribution in [3.63, 3.8) is 0 Å². The lowest BCUT2D eigenvalue weighted by molar-refractivity contribution is -0.164. The number of esters is 3. The molecule has 0 aromatic rings. The number of carbonyl (C=O) groups excluding carboxylic acids is 3. The molecule has 0 saturated heterocycles. The first-order valence-electron chi connectivity index (χ1n) is 12.6. The maximum atomic E-state index is 12.7. The molecule has 32 heavy (non-hydrogen) atoms. The standard InChI is InChI=1S/C25H46O7/c1-4-6-8-10-13-18-31-24(28)21(3)22(20-23(27)30-17-15-12-16-26)25(29)32-19-14-11-9-7-5-2/h21-22,26H,4-20H2,1-3H3. The van der Waals surface area contributed by atoms with Gasteiger partial charge in [-0.15, -0.1) is 0 Å². The number of aliphatic hydroxyl groups is 1. The van der Waals surface area contributed by atoms with Crippen molar-refractivity contribution < 1.29 is 33.7 Å². The normalized spacial score (nSPS) is 12.8. The van der Waals surface area contributed by atoms with E-state index in [4.69, 9.17) is 19.3 Å². The smallest absolute Gasteiger partial charge is 0.310 e. The van der Waals surface area contributed by atoms with Crippen LogP contribution in [0.1, 0.15) is 104 Å². The molecule has 0 amide bonds. The van der Waals surface area contributed by atoms with Gasteiger partial charge in [0.15, 0.2) is 0 Å². The van der Waals surface area contributed by atoms with Crippen LogP contribution >= 0.6 is 0 Å². The lowest BCUT2D eigenvalue weighted by Gasteiger charge is -2.21. The summed E-state index contributed by atoms with van der Waals surface area (Å²) in [7, 11) is 0. The lowest BCUT2D eigenvalue weighted by Crippen LogP contribution is -2.33. The van der Waals surface area contributed by atoms with E-state index < -0.39 is 29.7 Å². The zero-order chi connectivity index (χ0) is 24.0. The highest BCUT2D eigenvalue weighted by molar-refractivity contribution is 5.85. The summed E-state index contributed by atoms with van der Waals surface area (Å²) in [5.74, 6) is -3.31. The molecule has 0 aliphatic rings. The maximum absolute atomic E-state index is 12.7. The SMILES string of the molecule is CCCCCCCOC(=O)C(C)C(CC(=O)OCCCCO)C(=O)OCCCCCCC. The van der Waals surface area contributed by atoms with Crippen LogP contribution in [0.25, 0.3) is 0 Å². The Bertz CT molecular complexity index is 493. The molecule has 0 fully saturated rings. The Labute approximate surface area is 194 Å². The third kappa shape index (κ3) is 16.1. The van der Waals surface area contributed by atoms with Crippen LogP contribution in [0, 0.1) is 11.8 Å². The van der Waals surface area contributed by atoms with Crippen LogP contribution in [0.5, 0.6) is 0 Å². The van der Waals surface area contributed by atoms with Crippen LogP contribution < -0.4 is 0 Å². The molecule has 0 rings (SSSR count). The number of aliphatic hydroxyl groups excluding tert-OH is 1. The minimum absolute atomic E-state index is 0.0338. The summed E-state index contributed by atoms with van der Waals surface area (Å²) in [5, 5.41) is 8.81. The molecule has 2 atom stereocenters. The average molecular weight is 459 g/mol. The number of carbonyl (C=O) groups is 3. The Kier molecular flexibility index (Phi) is 20.1. The summed E-state index contributed by atoms with van der Waals surface area (Å²) >= 11 is 0. The molecule has 7 heteroatoms. The van der Waals surface area contributed by atoms with Crippen LogP contribution in [0.3, 0.4) is 0 Å². The van der Waals surface area contributed by atoms with Crippen molar-refractivity contribution in [1.82, 2.24) is 0 Å². The molecule has 2 unspecified atom stereocenters. The number of ether oxygens (including phenoxy) is 3. The van der Waals surface area contributed by atoms with E-state index in [1.807, 2.05) is 0 Å². The fourth-order valence-electron chi connectivity index (χ4n) is 3.26. The van der Waals surface area contributed by atoms with E-state index in [9.17, 15) is 14.4 Å². The maximum Gasteiger partial charge on any atom is 0.310 e. The largest absolute Gasteiger partial charge is 0.466 e. The first-order valence-corrected chi connectivity index (χ1v) is 12.6. The topological polar surface area (TPSA) is 99.1 Å². The van der Waals surface area contributed by atoms with E-state index in [-0.39, 0.29) is 26.2 Å². The zero-order valence-corrected chi connectivity index (χ0v) is 20.6. The van der Waals surface area contributed by atoms with Crippen molar-refractivity contribution in [2.75, 3.05) is 26.4 Å². The Balaban J connectivity index is 4.67. The van der Waals surface area contributed by atoms with Crippen molar-refractivity contribution in [1.29, 1.82) is 0 Å². The van der Waals surface area contributed by atoms with Crippen LogP contribution in [0.4, 0.5) is 0 Å². The highest BCUT2D eigenvalue weighted by Gasteiger charge is 2.35. The molecular weight excluding hydrogens is 412 g/mol. The minimum atomic E-state index is -0.927. The fourth-order valence-corrected chi connectivity index (χ4v) is 3.26. The Morgan fingerprint density at radius 3 is 1.66 bits per heavy atom. The van der Waals surface area contributed by atoms with Gasteiger partial charge in [-0.1, -0.05) is 72.1 Å². The van der Waals surface area contributed by atoms with Gasteiger partial charge in [-0.2, -0.15) is 0 Å². The average Bonchev–Trinajstić information content (AvgIpc) is 2.79.